The summed E-state index contributed by atoms with van der Waals surface area (Å²) < 4.78 is 10.6. The van der Waals surface area contributed by atoms with Crippen LogP contribution in [0.1, 0.15) is 34.5 Å². The fourth-order valence-corrected chi connectivity index (χ4v) is 4.16. The molecule has 0 aliphatic heterocycles. The number of benzene rings is 2. The molecule has 1 heterocycles. The lowest BCUT2D eigenvalue weighted by Gasteiger charge is -2.20. The SMILES string of the molecule is CO[C@H](C)[C@H](NC(=O)c1ncccc1NC(=O)OCC1c2ccccc2-c2ccccc21)C(=O)O. The zero-order valence-corrected chi connectivity index (χ0v) is 19.2. The van der Waals surface area contributed by atoms with Gasteiger partial charge in [0.2, 0.25) is 0 Å². The standard InChI is InChI=1S/C26H25N3O6/c1-15(34-2)22(25(31)32)29-24(30)23-21(12-7-13-27-23)28-26(33)35-14-20-18-10-5-3-8-16(18)17-9-4-6-11-19(17)20/h3-13,15,20,22H,14H2,1-2H3,(H,28,33)(H,29,30)(H,31,32)/t15-,22+/m1/s1. The molecule has 1 aromatic heterocycles. The highest BCUT2D eigenvalue weighted by molar-refractivity contribution is 6.02. The van der Waals surface area contributed by atoms with Crippen molar-refractivity contribution in [3.05, 3.63) is 83.7 Å². The van der Waals surface area contributed by atoms with Crippen LogP contribution in [0.3, 0.4) is 0 Å². The van der Waals surface area contributed by atoms with E-state index < -0.39 is 30.1 Å². The second kappa shape index (κ2) is 10.4. The number of hydrogen-bond acceptors (Lipinski definition) is 6. The molecule has 0 bridgehead atoms. The quantitative estimate of drug-likeness (QED) is 0.454. The number of fused-ring (bicyclic) bond motifs is 3. The number of carboxylic acids is 1. The molecule has 0 saturated carbocycles. The molecular formula is C26H25N3O6. The second-order valence-corrected chi connectivity index (χ2v) is 8.08. The van der Waals surface area contributed by atoms with E-state index >= 15 is 0 Å². The molecule has 9 nitrogen and oxygen atoms in total. The first-order valence-corrected chi connectivity index (χ1v) is 11.0. The summed E-state index contributed by atoms with van der Waals surface area (Å²) in [6.07, 6.45) is -0.166. The number of ether oxygens (including phenoxy) is 2. The Bertz CT molecular complexity index is 1220. The molecule has 3 aromatic rings. The highest BCUT2D eigenvalue weighted by Crippen LogP contribution is 2.44. The van der Waals surface area contributed by atoms with Crippen molar-refractivity contribution >= 4 is 23.7 Å². The van der Waals surface area contributed by atoms with E-state index in [9.17, 15) is 19.5 Å². The van der Waals surface area contributed by atoms with E-state index in [1.165, 1.54) is 26.3 Å². The van der Waals surface area contributed by atoms with Gasteiger partial charge in [0.05, 0.1) is 11.8 Å². The first kappa shape index (κ1) is 23.9. The van der Waals surface area contributed by atoms with Gasteiger partial charge in [0.25, 0.3) is 5.91 Å². The number of amides is 2. The van der Waals surface area contributed by atoms with Gasteiger partial charge in [-0.25, -0.2) is 14.6 Å². The first-order valence-electron chi connectivity index (χ1n) is 11.0. The number of anilines is 1. The van der Waals surface area contributed by atoms with Crippen LogP contribution in [0.15, 0.2) is 66.9 Å². The summed E-state index contributed by atoms with van der Waals surface area (Å²) in [6, 6.07) is 17.7. The van der Waals surface area contributed by atoms with Crippen LogP contribution in [0, 0.1) is 0 Å². The second-order valence-electron chi connectivity index (χ2n) is 8.08. The fourth-order valence-electron chi connectivity index (χ4n) is 4.16. The number of carbonyl (C=O) groups excluding carboxylic acids is 2. The summed E-state index contributed by atoms with van der Waals surface area (Å²) in [4.78, 5) is 40.9. The molecule has 3 N–H and O–H groups in total. The number of aromatic nitrogens is 1. The van der Waals surface area contributed by atoms with Crippen molar-refractivity contribution in [1.82, 2.24) is 10.3 Å². The molecule has 4 rings (SSSR count). The lowest BCUT2D eigenvalue weighted by atomic mass is 9.98. The van der Waals surface area contributed by atoms with Crippen molar-refractivity contribution in [3.63, 3.8) is 0 Å². The third-order valence-corrected chi connectivity index (χ3v) is 6.00. The molecule has 9 heteroatoms. The van der Waals surface area contributed by atoms with Gasteiger partial charge in [-0.3, -0.25) is 10.1 Å². The minimum absolute atomic E-state index is 0.0939. The van der Waals surface area contributed by atoms with Gasteiger partial charge in [-0.2, -0.15) is 0 Å². The number of pyridine rings is 1. The number of rotatable bonds is 8. The lowest BCUT2D eigenvalue weighted by molar-refractivity contribution is -0.142. The van der Waals surface area contributed by atoms with E-state index in [0.717, 1.165) is 22.3 Å². The normalized spacial score (nSPS) is 13.8. The maximum Gasteiger partial charge on any atom is 0.411 e. The zero-order valence-electron chi connectivity index (χ0n) is 19.2. The predicted molar refractivity (Wildman–Crippen MR) is 128 cm³/mol. The van der Waals surface area contributed by atoms with E-state index in [2.05, 4.69) is 15.6 Å². The van der Waals surface area contributed by atoms with Crippen molar-refractivity contribution in [2.75, 3.05) is 19.0 Å². The van der Waals surface area contributed by atoms with Crippen LogP contribution in [0.25, 0.3) is 11.1 Å². The number of nitrogens with zero attached hydrogens (tertiary/aromatic N) is 1. The number of nitrogens with one attached hydrogen (secondary N) is 2. The van der Waals surface area contributed by atoms with E-state index in [-0.39, 0.29) is 23.9 Å². The molecule has 0 fully saturated rings. The lowest BCUT2D eigenvalue weighted by Crippen LogP contribution is -2.48. The smallest absolute Gasteiger partial charge is 0.411 e. The van der Waals surface area contributed by atoms with Crippen molar-refractivity contribution in [2.45, 2.75) is 25.0 Å². The van der Waals surface area contributed by atoms with E-state index in [4.69, 9.17) is 9.47 Å². The third kappa shape index (κ3) is 4.99. The van der Waals surface area contributed by atoms with E-state index in [1.54, 1.807) is 6.07 Å². The summed E-state index contributed by atoms with van der Waals surface area (Å²) in [5, 5.41) is 14.3. The molecule has 1 aliphatic carbocycles. The zero-order chi connectivity index (χ0) is 24.9. The molecule has 1 aliphatic rings. The number of hydrogen-bond donors (Lipinski definition) is 3. The maximum absolute atomic E-state index is 12.7. The van der Waals surface area contributed by atoms with Crippen molar-refractivity contribution in [3.8, 4) is 11.1 Å². The van der Waals surface area contributed by atoms with Gasteiger partial charge >= 0.3 is 12.1 Å². The maximum atomic E-state index is 12.7. The monoisotopic (exact) mass is 475 g/mol. The average Bonchev–Trinajstić information content (AvgIpc) is 3.19. The van der Waals surface area contributed by atoms with E-state index in [0.29, 0.717) is 0 Å². The summed E-state index contributed by atoms with van der Waals surface area (Å²) in [7, 11) is 1.34. The molecule has 180 valence electrons. The van der Waals surface area contributed by atoms with Crippen LogP contribution in [0.4, 0.5) is 10.5 Å². The summed E-state index contributed by atoms with van der Waals surface area (Å²) in [5.74, 6) is -2.14. The molecule has 2 atom stereocenters. The Morgan fingerprint density at radius 2 is 1.63 bits per heavy atom. The summed E-state index contributed by atoms with van der Waals surface area (Å²) in [5.41, 5.74) is 4.33. The Morgan fingerprint density at radius 1 is 1.00 bits per heavy atom. The van der Waals surface area contributed by atoms with Gasteiger partial charge in [0.15, 0.2) is 11.7 Å². The molecule has 35 heavy (non-hydrogen) atoms. The number of methoxy groups -OCH3 is 1. The molecule has 0 unspecified atom stereocenters. The van der Waals surface area contributed by atoms with Gasteiger partial charge in [-0.1, -0.05) is 48.5 Å². The van der Waals surface area contributed by atoms with Crippen molar-refractivity contribution in [1.29, 1.82) is 0 Å². The summed E-state index contributed by atoms with van der Waals surface area (Å²) in [6.45, 7) is 1.63. The van der Waals surface area contributed by atoms with Gasteiger partial charge in [0.1, 0.15) is 6.61 Å². The number of carbonyl (C=O) groups is 3. The molecule has 0 saturated heterocycles. The van der Waals surface area contributed by atoms with Gasteiger partial charge in [-0.15, -0.1) is 0 Å². The van der Waals surface area contributed by atoms with Gasteiger partial charge in [-0.05, 0) is 41.3 Å². The van der Waals surface area contributed by atoms with Crippen LogP contribution < -0.4 is 10.6 Å². The van der Waals surface area contributed by atoms with Crippen molar-refractivity contribution in [2.24, 2.45) is 0 Å². The first-order chi connectivity index (χ1) is 16.9. The largest absolute Gasteiger partial charge is 0.480 e. The molecule has 0 radical (unpaired) electrons. The van der Waals surface area contributed by atoms with Crippen LogP contribution in [0.2, 0.25) is 0 Å². The highest BCUT2D eigenvalue weighted by Gasteiger charge is 2.30. The Hall–Kier alpha value is -4.24. The molecule has 2 amide bonds. The Labute approximate surface area is 202 Å². The Balaban J connectivity index is 1.45. The van der Waals surface area contributed by atoms with Crippen LogP contribution in [-0.2, 0) is 14.3 Å². The minimum atomic E-state index is -1.29. The minimum Gasteiger partial charge on any atom is -0.480 e. The number of carboxylic acid groups (broad SMARTS) is 1. The van der Waals surface area contributed by atoms with Crippen LogP contribution in [0.5, 0.6) is 0 Å². The Kier molecular flexibility index (Phi) is 7.07. The van der Waals surface area contributed by atoms with Gasteiger partial charge in [0, 0.05) is 19.2 Å². The Morgan fingerprint density at radius 3 is 2.23 bits per heavy atom. The third-order valence-electron chi connectivity index (χ3n) is 6.00. The topological polar surface area (TPSA) is 127 Å². The van der Waals surface area contributed by atoms with Crippen LogP contribution in [-0.4, -0.2) is 53.9 Å². The number of aliphatic carboxylic acids is 1. The highest BCUT2D eigenvalue weighted by atomic mass is 16.5. The van der Waals surface area contributed by atoms with Crippen LogP contribution >= 0.6 is 0 Å². The molecule has 2 aromatic carbocycles. The average molecular weight is 476 g/mol. The van der Waals surface area contributed by atoms with Crippen molar-refractivity contribution < 1.29 is 29.0 Å². The predicted octanol–water partition coefficient (Wildman–Crippen LogP) is 3.66. The summed E-state index contributed by atoms with van der Waals surface area (Å²) >= 11 is 0. The fraction of sp³-hybridized carbons (Fsp3) is 0.231. The van der Waals surface area contributed by atoms with Gasteiger partial charge < -0.3 is 19.9 Å². The van der Waals surface area contributed by atoms with E-state index in [1.807, 2.05) is 48.5 Å². The molecular weight excluding hydrogens is 450 g/mol. The molecule has 0 spiro atoms.